The van der Waals surface area contributed by atoms with Crippen molar-refractivity contribution in [3.8, 4) is 11.3 Å². The number of nitrogens with one attached hydrogen (secondary N) is 1. The second-order valence-corrected chi connectivity index (χ2v) is 6.91. The molecule has 1 saturated heterocycles. The Hall–Kier alpha value is -2.82. The summed E-state index contributed by atoms with van der Waals surface area (Å²) < 4.78 is 2.12. The maximum Gasteiger partial charge on any atom is 0.223 e. The van der Waals surface area contributed by atoms with Crippen LogP contribution in [-0.2, 0) is 11.2 Å². The molecule has 0 spiro atoms. The number of hydrogen-bond donors (Lipinski definition) is 1. The van der Waals surface area contributed by atoms with Crippen LogP contribution in [0.2, 0.25) is 0 Å². The van der Waals surface area contributed by atoms with Crippen LogP contribution in [0.3, 0.4) is 0 Å². The quantitative estimate of drug-likeness (QED) is 0.765. The molecule has 1 N–H and O–H groups in total. The van der Waals surface area contributed by atoms with Crippen molar-refractivity contribution in [1.82, 2.24) is 19.4 Å². The first-order chi connectivity index (χ1) is 12.8. The monoisotopic (exact) mass is 348 g/mol. The van der Waals surface area contributed by atoms with E-state index in [1.54, 1.807) is 6.20 Å². The van der Waals surface area contributed by atoms with Crippen LogP contribution in [0.15, 0.2) is 61.2 Å². The summed E-state index contributed by atoms with van der Waals surface area (Å²) in [5, 5.41) is 0. The van der Waals surface area contributed by atoms with E-state index in [0.29, 0.717) is 12.5 Å². The number of aromatic nitrogens is 3. The molecule has 0 radical (unpaired) electrons. The van der Waals surface area contributed by atoms with Crippen molar-refractivity contribution in [2.75, 3.05) is 13.1 Å². The molecule has 134 valence electrons. The summed E-state index contributed by atoms with van der Waals surface area (Å²) in [7, 11) is 0. The van der Waals surface area contributed by atoms with Crippen molar-refractivity contribution < 1.29 is 4.79 Å². The predicted octanol–water partition coefficient (Wildman–Crippen LogP) is 3.67. The maximum absolute atomic E-state index is 12.7. The number of carbonyl (C=O) groups excluding carboxylic acids is 1. The van der Waals surface area contributed by atoms with Crippen LogP contribution in [0.25, 0.3) is 11.3 Å². The summed E-state index contributed by atoms with van der Waals surface area (Å²) >= 11 is 0. The van der Waals surface area contributed by atoms with E-state index in [9.17, 15) is 4.79 Å². The Morgan fingerprint density at radius 2 is 2.08 bits per heavy atom. The van der Waals surface area contributed by atoms with Gasteiger partial charge in [0.05, 0.1) is 12.4 Å². The number of nitrogens with zero attached hydrogens (tertiary/aromatic N) is 3. The summed E-state index contributed by atoms with van der Waals surface area (Å²) in [5.74, 6) is 0.241. The lowest BCUT2D eigenvalue weighted by molar-refractivity contribution is -0.132. The Kier molecular flexibility index (Phi) is 4.86. The molecule has 1 aromatic carbocycles. The van der Waals surface area contributed by atoms with Gasteiger partial charge in [0.15, 0.2) is 0 Å². The highest BCUT2D eigenvalue weighted by atomic mass is 16.2. The third kappa shape index (κ3) is 3.72. The number of amides is 1. The third-order valence-electron chi connectivity index (χ3n) is 5.14. The Bertz CT molecular complexity index is 838. The predicted molar refractivity (Wildman–Crippen MR) is 102 cm³/mol. The van der Waals surface area contributed by atoms with Gasteiger partial charge in [-0.3, -0.25) is 4.79 Å². The number of aryl methyl sites for hydroxylation is 1. The summed E-state index contributed by atoms with van der Waals surface area (Å²) in [5.41, 5.74) is 3.39. The molecule has 1 aliphatic rings. The van der Waals surface area contributed by atoms with Crippen LogP contribution in [-0.4, -0.2) is 38.4 Å². The van der Waals surface area contributed by atoms with Crippen LogP contribution in [0.4, 0.5) is 0 Å². The highest BCUT2D eigenvalue weighted by Gasteiger charge is 2.24. The first-order valence-corrected chi connectivity index (χ1v) is 9.28. The topological polar surface area (TPSA) is 53.9 Å². The van der Waals surface area contributed by atoms with Crippen molar-refractivity contribution in [3.63, 3.8) is 0 Å². The van der Waals surface area contributed by atoms with Gasteiger partial charge in [-0.1, -0.05) is 30.3 Å². The summed E-state index contributed by atoms with van der Waals surface area (Å²) in [6.07, 6.45) is 9.09. The Labute approximate surface area is 153 Å². The lowest BCUT2D eigenvalue weighted by Crippen LogP contribution is -2.40. The lowest BCUT2D eigenvalue weighted by atomic mass is 10.0. The zero-order chi connectivity index (χ0) is 17.8. The van der Waals surface area contributed by atoms with Gasteiger partial charge in [0.1, 0.15) is 0 Å². The van der Waals surface area contributed by atoms with Gasteiger partial charge < -0.3 is 14.5 Å². The smallest absolute Gasteiger partial charge is 0.223 e. The van der Waals surface area contributed by atoms with Gasteiger partial charge in [0.25, 0.3) is 0 Å². The highest BCUT2D eigenvalue weighted by Crippen LogP contribution is 2.22. The number of carbonyl (C=O) groups is 1. The fourth-order valence-corrected chi connectivity index (χ4v) is 3.68. The van der Waals surface area contributed by atoms with E-state index in [1.165, 1.54) is 5.56 Å². The van der Waals surface area contributed by atoms with Gasteiger partial charge >= 0.3 is 0 Å². The second kappa shape index (κ2) is 7.60. The van der Waals surface area contributed by atoms with Gasteiger partial charge in [0.2, 0.25) is 5.91 Å². The van der Waals surface area contributed by atoms with E-state index in [0.717, 1.165) is 43.7 Å². The molecule has 2 aromatic heterocycles. The van der Waals surface area contributed by atoms with E-state index < -0.39 is 0 Å². The summed E-state index contributed by atoms with van der Waals surface area (Å²) in [6.45, 7) is 1.65. The molecule has 1 unspecified atom stereocenters. The molecular formula is C21H24N4O. The zero-order valence-electron chi connectivity index (χ0n) is 14.8. The normalized spacial score (nSPS) is 17.4. The summed E-state index contributed by atoms with van der Waals surface area (Å²) in [4.78, 5) is 22.2. The molecule has 0 aliphatic carbocycles. The number of benzene rings is 1. The first kappa shape index (κ1) is 16.6. The minimum absolute atomic E-state index is 0.241. The number of H-pyrrole nitrogens is 1. The molecule has 1 aliphatic heterocycles. The third-order valence-corrected chi connectivity index (χ3v) is 5.14. The van der Waals surface area contributed by atoms with Gasteiger partial charge in [-0.2, -0.15) is 0 Å². The largest absolute Gasteiger partial charge is 0.358 e. The van der Waals surface area contributed by atoms with E-state index in [4.69, 9.17) is 0 Å². The van der Waals surface area contributed by atoms with Crippen molar-refractivity contribution >= 4 is 5.91 Å². The zero-order valence-corrected chi connectivity index (χ0v) is 14.8. The Balaban J connectivity index is 1.33. The number of likely N-dealkylation sites (tertiary alicyclic amines) is 1. The van der Waals surface area contributed by atoms with Crippen LogP contribution >= 0.6 is 0 Å². The number of hydrogen-bond acceptors (Lipinski definition) is 2. The molecule has 26 heavy (non-hydrogen) atoms. The standard InChI is InChI=1S/C21H24N4O/c26-21(24-13-4-7-19(15-24)25-14-12-22-16-25)11-9-18-8-10-20(23-18)17-5-2-1-3-6-17/h1-3,5-6,8,10,12,14,16,19,23H,4,7,9,11,13,15H2. The molecular weight excluding hydrogens is 324 g/mol. The van der Waals surface area contributed by atoms with Crippen molar-refractivity contribution in [2.45, 2.75) is 31.7 Å². The van der Waals surface area contributed by atoms with Crippen LogP contribution in [0.5, 0.6) is 0 Å². The number of rotatable bonds is 5. The average molecular weight is 348 g/mol. The fourth-order valence-electron chi connectivity index (χ4n) is 3.68. The Morgan fingerprint density at radius 3 is 2.88 bits per heavy atom. The fraction of sp³-hybridized carbons (Fsp3) is 0.333. The van der Waals surface area contributed by atoms with E-state index in [2.05, 4.69) is 38.8 Å². The van der Waals surface area contributed by atoms with Crippen molar-refractivity contribution in [1.29, 1.82) is 0 Å². The molecule has 1 fully saturated rings. The molecule has 0 bridgehead atoms. The first-order valence-electron chi connectivity index (χ1n) is 9.28. The molecule has 4 rings (SSSR count). The number of aromatic amines is 1. The van der Waals surface area contributed by atoms with Gasteiger partial charge in [0, 0.05) is 43.3 Å². The van der Waals surface area contributed by atoms with Gasteiger partial charge in [-0.15, -0.1) is 0 Å². The van der Waals surface area contributed by atoms with Crippen molar-refractivity contribution in [2.24, 2.45) is 0 Å². The van der Waals surface area contributed by atoms with E-state index in [1.807, 2.05) is 35.6 Å². The SMILES string of the molecule is O=C(CCc1ccc(-c2ccccc2)[nH]1)N1CCCC(n2ccnc2)C1. The molecule has 5 nitrogen and oxygen atoms in total. The van der Waals surface area contributed by atoms with Crippen LogP contribution in [0, 0.1) is 0 Å². The molecule has 1 amide bonds. The van der Waals surface area contributed by atoms with E-state index >= 15 is 0 Å². The minimum atomic E-state index is 0.241. The number of piperidine rings is 1. The molecule has 5 heteroatoms. The van der Waals surface area contributed by atoms with Gasteiger partial charge in [-0.05, 0) is 37.0 Å². The lowest BCUT2D eigenvalue weighted by Gasteiger charge is -2.33. The van der Waals surface area contributed by atoms with Crippen LogP contribution in [0.1, 0.15) is 31.0 Å². The van der Waals surface area contributed by atoms with Gasteiger partial charge in [-0.25, -0.2) is 4.98 Å². The Morgan fingerprint density at radius 1 is 1.19 bits per heavy atom. The highest BCUT2D eigenvalue weighted by molar-refractivity contribution is 5.76. The average Bonchev–Trinajstić information content (AvgIpc) is 3.39. The van der Waals surface area contributed by atoms with Crippen LogP contribution < -0.4 is 0 Å². The maximum atomic E-state index is 12.7. The molecule has 1 atom stereocenters. The second-order valence-electron chi connectivity index (χ2n) is 6.91. The molecule has 0 saturated carbocycles. The van der Waals surface area contributed by atoms with Crippen molar-refractivity contribution in [3.05, 3.63) is 66.9 Å². The number of imidazole rings is 1. The summed E-state index contributed by atoms with van der Waals surface area (Å²) in [6, 6.07) is 14.8. The molecule has 3 heterocycles. The van der Waals surface area contributed by atoms with E-state index in [-0.39, 0.29) is 5.91 Å². The minimum Gasteiger partial charge on any atom is -0.358 e. The molecule has 3 aromatic rings.